The van der Waals surface area contributed by atoms with Crippen molar-refractivity contribution < 1.29 is 13.2 Å². The van der Waals surface area contributed by atoms with Crippen LogP contribution < -0.4 is 11.1 Å². The lowest BCUT2D eigenvalue weighted by Gasteiger charge is -2.39. The van der Waals surface area contributed by atoms with Crippen molar-refractivity contribution in [2.75, 3.05) is 25.5 Å². The number of hydrogen-bond donors (Lipinski definition) is 2. The van der Waals surface area contributed by atoms with E-state index in [0.29, 0.717) is 12.5 Å². The van der Waals surface area contributed by atoms with Crippen LogP contribution in [-0.4, -0.2) is 31.0 Å². The summed E-state index contributed by atoms with van der Waals surface area (Å²) in [5.74, 6) is 0.526. The third-order valence-corrected chi connectivity index (χ3v) is 5.37. The van der Waals surface area contributed by atoms with Crippen LogP contribution in [0, 0.1) is 12.8 Å². The predicted octanol–water partition coefficient (Wildman–Crippen LogP) is 5.44. The van der Waals surface area contributed by atoms with Gasteiger partial charge < -0.3 is 11.1 Å². The first-order valence-electron chi connectivity index (χ1n) is 9.75. The highest BCUT2D eigenvalue weighted by molar-refractivity contribution is 14.0. The van der Waals surface area contributed by atoms with Gasteiger partial charge in [-0.15, -0.1) is 24.0 Å². The van der Waals surface area contributed by atoms with Crippen LogP contribution in [0.4, 0.5) is 18.9 Å². The van der Waals surface area contributed by atoms with Crippen molar-refractivity contribution in [2.24, 2.45) is 16.6 Å². The zero-order chi connectivity index (χ0) is 21.0. The van der Waals surface area contributed by atoms with E-state index in [2.05, 4.69) is 15.2 Å². The average molecular weight is 532 g/mol. The number of likely N-dealkylation sites (tertiary alicyclic amines) is 1. The number of benzene rings is 2. The highest BCUT2D eigenvalue weighted by Gasteiger charge is 2.33. The van der Waals surface area contributed by atoms with Crippen LogP contribution in [0.2, 0.25) is 0 Å². The van der Waals surface area contributed by atoms with Crippen LogP contribution in [0.25, 0.3) is 0 Å². The van der Waals surface area contributed by atoms with Crippen LogP contribution in [-0.2, 0) is 6.18 Å². The Balaban J connectivity index is 0.00000320. The Kier molecular flexibility index (Phi) is 8.54. The van der Waals surface area contributed by atoms with Gasteiger partial charge in [-0.3, -0.25) is 9.89 Å². The van der Waals surface area contributed by atoms with Crippen LogP contribution in [0.15, 0.2) is 53.5 Å². The quantitative estimate of drug-likeness (QED) is 0.313. The van der Waals surface area contributed by atoms with E-state index in [9.17, 15) is 13.2 Å². The van der Waals surface area contributed by atoms with E-state index in [1.165, 1.54) is 0 Å². The molecule has 30 heavy (non-hydrogen) atoms. The molecule has 0 saturated carbocycles. The van der Waals surface area contributed by atoms with Crippen molar-refractivity contribution >= 4 is 35.6 Å². The number of guanidine groups is 1. The molecule has 0 amide bonds. The number of anilines is 1. The van der Waals surface area contributed by atoms with E-state index in [1.807, 2.05) is 38.2 Å². The summed E-state index contributed by atoms with van der Waals surface area (Å²) >= 11 is 0. The van der Waals surface area contributed by atoms with Crippen LogP contribution in [0.5, 0.6) is 0 Å². The molecule has 4 nitrogen and oxygen atoms in total. The Hall–Kier alpha value is -1.81. The van der Waals surface area contributed by atoms with Gasteiger partial charge in [-0.25, -0.2) is 0 Å². The number of rotatable bonds is 4. The number of alkyl halides is 3. The lowest BCUT2D eigenvalue weighted by atomic mass is 9.84. The molecule has 3 rings (SSSR count). The average Bonchev–Trinajstić information content (AvgIpc) is 2.66. The van der Waals surface area contributed by atoms with E-state index in [-0.39, 0.29) is 35.9 Å². The van der Waals surface area contributed by atoms with Crippen molar-refractivity contribution in [3.8, 4) is 0 Å². The van der Waals surface area contributed by atoms with Crippen molar-refractivity contribution in [3.63, 3.8) is 0 Å². The fourth-order valence-electron chi connectivity index (χ4n) is 3.97. The summed E-state index contributed by atoms with van der Waals surface area (Å²) in [7, 11) is 2.01. The number of nitrogens with zero attached hydrogens (tertiary/aromatic N) is 2. The van der Waals surface area contributed by atoms with Gasteiger partial charge in [0.1, 0.15) is 0 Å². The number of nitrogens with one attached hydrogen (secondary N) is 1. The summed E-state index contributed by atoms with van der Waals surface area (Å²) in [6, 6.07) is 13.4. The van der Waals surface area contributed by atoms with Crippen LogP contribution in [0.3, 0.4) is 0 Å². The first-order chi connectivity index (χ1) is 13.7. The Labute approximate surface area is 192 Å². The maximum Gasteiger partial charge on any atom is 0.416 e. The lowest BCUT2D eigenvalue weighted by molar-refractivity contribution is -0.137. The van der Waals surface area contributed by atoms with Gasteiger partial charge in [0.25, 0.3) is 0 Å². The summed E-state index contributed by atoms with van der Waals surface area (Å²) in [5, 5.41) is 3.10. The monoisotopic (exact) mass is 532 g/mol. The molecule has 0 aliphatic carbocycles. The van der Waals surface area contributed by atoms with E-state index in [4.69, 9.17) is 5.73 Å². The molecule has 8 heteroatoms. The molecule has 0 aromatic heterocycles. The van der Waals surface area contributed by atoms with Gasteiger partial charge in [-0.2, -0.15) is 13.2 Å². The summed E-state index contributed by atoms with van der Waals surface area (Å²) in [4.78, 5) is 6.71. The molecule has 2 atom stereocenters. The molecule has 1 heterocycles. The molecule has 0 bridgehead atoms. The molecular weight excluding hydrogens is 504 g/mol. The molecule has 0 radical (unpaired) electrons. The lowest BCUT2D eigenvalue weighted by Crippen LogP contribution is -2.38. The minimum absolute atomic E-state index is 0. The Bertz CT molecular complexity index is 852. The highest BCUT2D eigenvalue weighted by Crippen LogP contribution is 2.37. The minimum atomic E-state index is -4.32. The third kappa shape index (κ3) is 6.34. The summed E-state index contributed by atoms with van der Waals surface area (Å²) in [5.41, 5.74) is 8.32. The van der Waals surface area contributed by atoms with Crippen molar-refractivity contribution in [2.45, 2.75) is 32.0 Å². The fourth-order valence-corrected chi connectivity index (χ4v) is 3.97. The molecule has 0 spiro atoms. The zero-order valence-electron chi connectivity index (χ0n) is 17.1. The number of nitrogens with two attached hydrogens (primary N) is 1. The fraction of sp³-hybridized carbons (Fsp3) is 0.409. The first kappa shape index (κ1) is 24.5. The van der Waals surface area contributed by atoms with Gasteiger partial charge in [0, 0.05) is 18.3 Å². The maximum atomic E-state index is 12.9. The summed E-state index contributed by atoms with van der Waals surface area (Å²) < 4.78 is 38.6. The SMILES string of the molecule is Cc1cccc(NC(N)=NCC2CCCN(C)C2c2ccc(C(F)(F)F)cc2)c1.I. The smallest absolute Gasteiger partial charge is 0.370 e. The first-order valence-corrected chi connectivity index (χ1v) is 9.75. The molecule has 3 N–H and O–H groups in total. The Morgan fingerprint density at radius 2 is 1.90 bits per heavy atom. The molecule has 1 fully saturated rings. The molecule has 1 aliphatic heterocycles. The molecule has 2 aromatic rings. The number of piperidine rings is 1. The predicted molar refractivity (Wildman–Crippen MR) is 126 cm³/mol. The third-order valence-electron chi connectivity index (χ3n) is 5.37. The van der Waals surface area contributed by atoms with Crippen molar-refractivity contribution in [1.82, 2.24) is 4.90 Å². The van der Waals surface area contributed by atoms with E-state index < -0.39 is 11.7 Å². The van der Waals surface area contributed by atoms with E-state index in [0.717, 1.165) is 48.3 Å². The topological polar surface area (TPSA) is 53.6 Å². The minimum Gasteiger partial charge on any atom is -0.370 e. The number of halogens is 4. The molecule has 1 aliphatic rings. The van der Waals surface area contributed by atoms with E-state index >= 15 is 0 Å². The summed E-state index contributed by atoms with van der Waals surface area (Å²) in [6.07, 6.45) is -2.34. The maximum absolute atomic E-state index is 12.9. The normalized spacial score (nSPS) is 20.5. The number of hydrogen-bond acceptors (Lipinski definition) is 2. The van der Waals surface area contributed by atoms with Crippen molar-refractivity contribution in [3.05, 3.63) is 65.2 Å². The van der Waals surface area contributed by atoms with Crippen LogP contribution >= 0.6 is 24.0 Å². The van der Waals surface area contributed by atoms with E-state index in [1.54, 1.807) is 12.1 Å². The molecule has 2 aromatic carbocycles. The summed E-state index contributed by atoms with van der Waals surface area (Å²) in [6.45, 7) is 3.43. The standard InChI is InChI=1S/C22H27F3N4.HI/c1-15-5-3-7-19(13-15)28-21(26)27-14-17-6-4-12-29(2)20(17)16-8-10-18(11-9-16)22(23,24)25;/h3,5,7-11,13,17,20H,4,6,12,14H2,1-2H3,(H3,26,27,28);1H. The molecule has 1 saturated heterocycles. The van der Waals surface area contributed by atoms with Gasteiger partial charge >= 0.3 is 6.18 Å². The number of aryl methyl sites for hydroxylation is 1. The van der Waals surface area contributed by atoms with Gasteiger partial charge in [0.15, 0.2) is 5.96 Å². The van der Waals surface area contributed by atoms with Gasteiger partial charge in [-0.1, -0.05) is 24.3 Å². The molecule has 2 unspecified atom stereocenters. The Morgan fingerprint density at radius 3 is 2.53 bits per heavy atom. The zero-order valence-corrected chi connectivity index (χ0v) is 19.4. The molecule has 164 valence electrons. The second kappa shape index (κ2) is 10.5. The van der Waals surface area contributed by atoms with Gasteiger partial charge in [0.2, 0.25) is 0 Å². The molecular formula is C22H28F3IN4. The largest absolute Gasteiger partial charge is 0.416 e. The second-order valence-electron chi connectivity index (χ2n) is 7.67. The number of aliphatic imine (C=N–C) groups is 1. The highest BCUT2D eigenvalue weighted by atomic mass is 127. The van der Waals surface area contributed by atoms with Crippen molar-refractivity contribution in [1.29, 1.82) is 0 Å². The van der Waals surface area contributed by atoms with Gasteiger partial charge in [-0.05, 0) is 74.7 Å². The van der Waals surface area contributed by atoms with Crippen LogP contribution in [0.1, 0.15) is 35.6 Å². The van der Waals surface area contributed by atoms with Gasteiger partial charge in [0.05, 0.1) is 5.56 Å². The second-order valence-corrected chi connectivity index (χ2v) is 7.67. The Morgan fingerprint density at radius 1 is 1.20 bits per heavy atom.